The lowest BCUT2D eigenvalue weighted by atomic mass is 9.48. The molecule has 1 aromatic rings. The molecule has 9 nitrogen and oxygen atoms in total. The minimum Gasteiger partial charge on any atom is -0.511 e. The molecule has 47 heavy (non-hydrogen) atoms. The number of aliphatic hydroxyl groups excluding tert-OH is 1. The van der Waals surface area contributed by atoms with Crippen LogP contribution in [0.15, 0.2) is 11.3 Å². The summed E-state index contributed by atoms with van der Waals surface area (Å²) in [6.07, 6.45) is 0.489. The molecule has 0 unspecified atom stereocenters. The number of rotatable bonds is 5. The number of aromatic hydroxyl groups is 2. The Hall–Kier alpha value is -3.20. The first-order chi connectivity index (χ1) is 21.1. The van der Waals surface area contributed by atoms with Crippen molar-refractivity contribution in [1.29, 1.82) is 0 Å². The standard InChI is InChI=1S/C38H52O9/c1-16(2)19(21-29(42)35(9,10)31(44)36(11,12)30(21)43)20-26(40)22-24-18-15-33(5,6)47-38(18,37(13,14)32(45)34(24,7)8)46-28(22)23(27(20)41)25(39)17(3)4/h16-19,24,40-42H,15H2,1-14H3/t18-,19+,24+,38-/m0/s1. The third-order valence-corrected chi connectivity index (χ3v) is 11.7. The van der Waals surface area contributed by atoms with Gasteiger partial charge in [-0.25, -0.2) is 0 Å². The van der Waals surface area contributed by atoms with Crippen molar-refractivity contribution in [2.45, 2.75) is 127 Å². The smallest absolute Gasteiger partial charge is 0.226 e. The molecule has 0 spiro atoms. The second-order valence-electron chi connectivity index (χ2n) is 17.7. The number of carbonyl (C=O) groups excluding carboxylic acids is 4. The number of Topliss-reactive ketones (excluding diaryl/α,β-unsaturated/α-hetero) is 4. The number of fused-ring (bicyclic) bond motifs is 2. The molecule has 1 saturated heterocycles. The molecule has 2 aliphatic carbocycles. The molecule has 0 aromatic heterocycles. The first kappa shape index (κ1) is 35.1. The van der Waals surface area contributed by atoms with E-state index in [9.17, 15) is 34.5 Å². The molecule has 9 heteroatoms. The zero-order valence-electron chi connectivity index (χ0n) is 30.4. The molecule has 258 valence electrons. The second-order valence-corrected chi connectivity index (χ2v) is 17.7. The van der Waals surface area contributed by atoms with Crippen molar-refractivity contribution in [3.63, 3.8) is 0 Å². The van der Waals surface area contributed by atoms with E-state index in [4.69, 9.17) is 9.47 Å². The summed E-state index contributed by atoms with van der Waals surface area (Å²) in [7, 11) is 0. The number of phenolic OH excluding ortho intramolecular Hbond substituents is 2. The van der Waals surface area contributed by atoms with Crippen LogP contribution in [0.25, 0.3) is 0 Å². The van der Waals surface area contributed by atoms with E-state index < -0.39 is 97.2 Å². The van der Waals surface area contributed by atoms with Gasteiger partial charge >= 0.3 is 0 Å². The molecule has 1 saturated carbocycles. The number of carbonyl (C=O) groups is 4. The molecular weight excluding hydrogens is 600 g/mol. The van der Waals surface area contributed by atoms with Gasteiger partial charge in [0.1, 0.15) is 28.6 Å². The van der Waals surface area contributed by atoms with Crippen LogP contribution in [0.3, 0.4) is 0 Å². The van der Waals surface area contributed by atoms with Crippen LogP contribution >= 0.6 is 0 Å². The molecule has 4 atom stereocenters. The van der Waals surface area contributed by atoms with Crippen LogP contribution in [0.1, 0.15) is 137 Å². The predicted molar refractivity (Wildman–Crippen MR) is 176 cm³/mol. The van der Waals surface area contributed by atoms with Crippen molar-refractivity contribution in [1.82, 2.24) is 0 Å². The largest absolute Gasteiger partial charge is 0.511 e. The normalized spacial score (nSPS) is 30.3. The topological polar surface area (TPSA) is 147 Å². The van der Waals surface area contributed by atoms with E-state index >= 15 is 0 Å². The molecule has 2 fully saturated rings. The summed E-state index contributed by atoms with van der Waals surface area (Å²) in [5.74, 6) is -7.94. The zero-order valence-corrected chi connectivity index (χ0v) is 30.4. The van der Waals surface area contributed by atoms with E-state index in [1.165, 1.54) is 13.8 Å². The Labute approximate surface area is 278 Å². The van der Waals surface area contributed by atoms with Crippen LogP contribution < -0.4 is 4.74 Å². The Morgan fingerprint density at radius 3 is 1.87 bits per heavy atom. The van der Waals surface area contributed by atoms with Gasteiger partial charge in [0.25, 0.3) is 0 Å². The molecule has 2 heterocycles. The molecule has 2 bridgehead atoms. The van der Waals surface area contributed by atoms with Crippen molar-refractivity contribution in [2.24, 2.45) is 39.4 Å². The molecule has 1 aromatic carbocycles. The average molecular weight is 653 g/mol. The van der Waals surface area contributed by atoms with Gasteiger partial charge < -0.3 is 24.8 Å². The van der Waals surface area contributed by atoms with Gasteiger partial charge in [0.05, 0.1) is 21.8 Å². The third kappa shape index (κ3) is 4.23. The number of ether oxygens (including phenoxy) is 2. The van der Waals surface area contributed by atoms with Gasteiger partial charge in [-0.3, -0.25) is 19.2 Å². The van der Waals surface area contributed by atoms with Crippen LogP contribution in [-0.4, -0.2) is 49.8 Å². The molecule has 4 aliphatic rings. The maximum Gasteiger partial charge on any atom is 0.226 e. The number of hydrogen-bond donors (Lipinski definition) is 3. The zero-order chi connectivity index (χ0) is 35.9. The number of benzene rings is 1. The number of aliphatic hydroxyl groups is 1. The van der Waals surface area contributed by atoms with Crippen molar-refractivity contribution in [3.05, 3.63) is 28.0 Å². The van der Waals surface area contributed by atoms with E-state index in [0.29, 0.717) is 6.42 Å². The van der Waals surface area contributed by atoms with Crippen molar-refractivity contribution in [3.8, 4) is 17.2 Å². The summed E-state index contributed by atoms with van der Waals surface area (Å²) in [6.45, 7) is 24.1. The summed E-state index contributed by atoms with van der Waals surface area (Å²) >= 11 is 0. The summed E-state index contributed by atoms with van der Waals surface area (Å²) in [5, 5.41) is 36.4. The van der Waals surface area contributed by atoms with E-state index in [-0.39, 0.29) is 33.8 Å². The molecule has 3 N–H and O–H groups in total. The van der Waals surface area contributed by atoms with Gasteiger partial charge in [-0.1, -0.05) is 41.5 Å². The maximum absolute atomic E-state index is 14.4. The number of allylic oxidation sites excluding steroid dienone is 2. The maximum atomic E-state index is 14.4. The van der Waals surface area contributed by atoms with E-state index in [1.807, 2.05) is 27.7 Å². The highest BCUT2D eigenvalue weighted by atomic mass is 16.7. The van der Waals surface area contributed by atoms with Gasteiger partial charge in [-0.2, -0.15) is 0 Å². The van der Waals surface area contributed by atoms with Gasteiger partial charge in [0.15, 0.2) is 23.1 Å². The lowest BCUT2D eigenvalue weighted by Crippen LogP contribution is -2.69. The first-order valence-electron chi connectivity index (χ1n) is 16.8. The Morgan fingerprint density at radius 1 is 0.809 bits per heavy atom. The van der Waals surface area contributed by atoms with Crippen LogP contribution in [0.2, 0.25) is 0 Å². The van der Waals surface area contributed by atoms with E-state index in [0.717, 1.165) is 0 Å². The molecule has 2 aliphatic heterocycles. The summed E-state index contributed by atoms with van der Waals surface area (Å²) in [4.78, 5) is 56.2. The van der Waals surface area contributed by atoms with Crippen molar-refractivity contribution >= 4 is 23.1 Å². The summed E-state index contributed by atoms with van der Waals surface area (Å²) < 4.78 is 13.5. The highest BCUT2D eigenvalue weighted by Crippen LogP contribution is 2.72. The SMILES string of the molecule is CC(C)C(=O)c1c(O)c([C@H](C2=C(O)C(C)(C)C(=O)C(C)(C)C2=O)C(C)C)c(O)c2c1O[C@]13OC(C)(C)C[C@H]1[C@H]2C(C)(C)C(=O)C3(C)C. The fourth-order valence-corrected chi connectivity index (χ4v) is 9.49. The Kier molecular flexibility index (Phi) is 7.42. The highest BCUT2D eigenvalue weighted by molar-refractivity contribution is 6.19. The van der Waals surface area contributed by atoms with Crippen LogP contribution in [0, 0.1) is 39.4 Å². The summed E-state index contributed by atoms with van der Waals surface area (Å²) in [6, 6.07) is 0. The van der Waals surface area contributed by atoms with Crippen LogP contribution in [0.4, 0.5) is 0 Å². The average Bonchev–Trinajstić information content (AvgIpc) is 3.23. The van der Waals surface area contributed by atoms with Crippen LogP contribution in [-0.2, 0) is 19.1 Å². The minimum absolute atomic E-state index is 0.0263. The Bertz CT molecular complexity index is 1670. The Morgan fingerprint density at radius 2 is 1.36 bits per heavy atom. The monoisotopic (exact) mass is 652 g/mol. The van der Waals surface area contributed by atoms with E-state index in [2.05, 4.69) is 0 Å². The van der Waals surface area contributed by atoms with Gasteiger partial charge in [-0.15, -0.1) is 0 Å². The Balaban J connectivity index is 1.96. The lowest BCUT2D eigenvalue weighted by Gasteiger charge is -2.60. The van der Waals surface area contributed by atoms with Crippen molar-refractivity contribution < 1.29 is 44.0 Å². The molecule has 0 amide bonds. The fourth-order valence-electron chi connectivity index (χ4n) is 9.49. The second kappa shape index (κ2) is 9.93. The minimum atomic E-state index is -1.51. The first-order valence-corrected chi connectivity index (χ1v) is 16.8. The number of ketones is 4. The van der Waals surface area contributed by atoms with E-state index in [1.54, 1.807) is 55.4 Å². The van der Waals surface area contributed by atoms with Crippen LogP contribution in [0.5, 0.6) is 17.2 Å². The molecular formula is C38H52O9. The highest BCUT2D eigenvalue weighted by Gasteiger charge is 2.76. The third-order valence-electron chi connectivity index (χ3n) is 11.7. The summed E-state index contributed by atoms with van der Waals surface area (Å²) in [5.41, 5.74) is -6.07. The molecule has 0 radical (unpaired) electrons. The van der Waals surface area contributed by atoms with Gasteiger partial charge in [-0.05, 0) is 67.7 Å². The number of phenols is 2. The quantitative estimate of drug-likeness (QED) is 0.220. The number of hydrogen-bond acceptors (Lipinski definition) is 9. The van der Waals surface area contributed by atoms with Gasteiger partial charge in [0.2, 0.25) is 5.79 Å². The predicted octanol–water partition coefficient (Wildman–Crippen LogP) is 7.31. The fraction of sp³-hybridized carbons (Fsp3) is 0.684. The lowest BCUT2D eigenvalue weighted by molar-refractivity contribution is -0.288. The van der Waals surface area contributed by atoms with Crippen molar-refractivity contribution in [2.75, 3.05) is 0 Å². The molecule has 5 rings (SSSR count). The van der Waals surface area contributed by atoms with Gasteiger partial charge in [0, 0.05) is 45.8 Å².